The second kappa shape index (κ2) is 6.74. The second-order valence-electron chi connectivity index (χ2n) is 4.69. The van der Waals surface area contributed by atoms with Crippen molar-refractivity contribution < 1.29 is 9.34 Å². The molecule has 2 rings (SSSR count). The number of nitrogens with zero attached hydrogens (tertiary/aromatic N) is 3. The molecular formula is C14H18N4O3. The van der Waals surface area contributed by atoms with Crippen LogP contribution in [0.25, 0.3) is 0 Å². The van der Waals surface area contributed by atoms with E-state index in [1.54, 1.807) is 12.3 Å². The summed E-state index contributed by atoms with van der Waals surface area (Å²) >= 11 is 0. The van der Waals surface area contributed by atoms with E-state index in [1.165, 1.54) is 12.1 Å². The van der Waals surface area contributed by atoms with Crippen LogP contribution in [0.5, 0.6) is 0 Å². The third kappa shape index (κ3) is 3.95. The standard InChI is InChI=1S/C14H18N4O3/c1-3-6-15-13-8-11(18(19)20)9-14(16-13)17(2)10-12-5-4-7-21-12/h4-5,7-9H,3,6,10H2,1-2H3,(H,15,16). The topological polar surface area (TPSA) is 84.4 Å². The zero-order valence-corrected chi connectivity index (χ0v) is 12.1. The highest BCUT2D eigenvalue weighted by molar-refractivity contribution is 5.55. The van der Waals surface area contributed by atoms with Gasteiger partial charge in [-0.3, -0.25) is 10.1 Å². The van der Waals surface area contributed by atoms with Gasteiger partial charge >= 0.3 is 0 Å². The SMILES string of the molecule is CCCNc1cc([N+](=O)[O-])cc(N(C)Cc2ccco2)n1. The van der Waals surface area contributed by atoms with Crippen LogP contribution in [-0.2, 0) is 6.54 Å². The molecule has 21 heavy (non-hydrogen) atoms. The molecule has 2 aromatic rings. The Morgan fingerprint density at radius 1 is 1.48 bits per heavy atom. The first-order valence-corrected chi connectivity index (χ1v) is 6.74. The van der Waals surface area contributed by atoms with Crippen molar-refractivity contribution in [3.05, 3.63) is 46.4 Å². The Hall–Kier alpha value is -2.57. The Morgan fingerprint density at radius 3 is 2.90 bits per heavy atom. The first kappa shape index (κ1) is 14.8. The van der Waals surface area contributed by atoms with Crippen molar-refractivity contribution in [3.8, 4) is 0 Å². The van der Waals surface area contributed by atoms with Gasteiger partial charge in [0.05, 0.1) is 29.9 Å². The molecule has 1 N–H and O–H groups in total. The number of pyridine rings is 1. The van der Waals surface area contributed by atoms with Gasteiger partial charge in [0, 0.05) is 13.6 Å². The third-order valence-electron chi connectivity index (χ3n) is 2.93. The van der Waals surface area contributed by atoms with Gasteiger partial charge in [-0.2, -0.15) is 0 Å². The van der Waals surface area contributed by atoms with Gasteiger partial charge in [0.2, 0.25) is 0 Å². The minimum atomic E-state index is -0.414. The molecule has 0 fully saturated rings. The molecule has 0 unspecified atom stereocenters. The van der Waals surface area contributed by atoms with E-state index in [1.807, 2.05) is 24.9 Å². The lowest BCUT2D eigenvalue weighted by atomic mass is 10.3. The van der Waals surface area contributed by atoms with Crippen LogP contribution >= 0.6 is 0 Å². The molecule has 2 aromatic heterocycles. The predicted octanol–water partition coefficient (Wildman–Crippen LogP) is 3.04. The maximum Gasteiger partial charge on any atom is 0.276 e. The molecule has 7 heteroatoms. The highest BCUT2D eigenvalue weighted by Gasteiger charge is 2.14. The van der Waals surface area contributed by atoms with Gasteiger partial charge in [-0.05, 0) is 18.6 Å². The number of aromatic nitrogens is 1. The first-order chi connectivity index (χ1) is 10.1. The summed E-state index contributed by atoms with van der Waals surface area (Å²) in [7, 11) is 1.82. The van der Waals surface area contributed by atoms with E-state index in [2.05, 4.69) is 10.3 Å². The molecule has 0 radical (unpaired) electrons. The smallest absolute Gasteiger partial charge is 0.276 e. The minimum absolute atomic E-state index is 0.0184. The van der Waals surface area contributed by atoms with E-state index in [4.69, 9.17) is 4.42 Å². The van der Waals surface area contributed by atoms with Crippen LogP contribution in [0.2, 0.25) is 0 Å². The summed E-state index contributed by atoms with van der Waals surface area (Å²) in [5, 5.41) is 14.1. The predicted molar refractivity (Wildman–Crippen MR) is 80.5 cm³/mol. The molecule has 0 saturated carbocycles. The van der Waals surface area contributed by atoms with E-state index in [-0.39, 0.29) is 5.69 Å². The summed E-state index contributed by atoms with van der Waals surface area (Å²) in [6, 6.07) is 6.56. The molecule has 0 atom stereocenters. The van der Waals surface area contributed by atoms with Crippen molar-refractivity contribution in [3.63, 3.8) is 0 Å². The molecule has 2 heterocycles. The molecule has 0 saturated heterocycles. The van der Waals surface area contributed by atoms with Gasteiger partial charge in [0.15, 0.2) is 0 Å². The minimum Gasteiger partial charge on any atom is -0.467 e. The lowest BCUT2D eigenvalue weighted by molar-refractivity contribution is -0.384. The molecule has 0 aromatic carbocycles. The lowest BCUT2D eigenvalue weighted by Gasteiger charge is -2.17. The van der Waals surface area contributed by atoms with Crippen LogP contribution < -0.4 is 10.2 Å². The second-order valence-corrected chi connectivity index (χ2v) is 4.69. The Bertz CT molecular complexity index is 598. The first-order valence-electron chi connectivity index (χ1n) is 6.74. The molecule has 7 nitrogen and oxygen atoms in total. The van der Waals surface area contributed by atoms with Gasteiger partial charge in [-0.1, -0.05) is 6.92 Å². The Kier molecular flexibility index (Phi) is 4.76. The molecule has 0 bridgehead atoms. The van der Waals surface area contributed by atoms with Crippen molar-refractivity contribution in [2.75, 3.05) is 23.8 Å². The van der Waals surface area contributed by atoms with Gasteiger partial charge in [0.25, 0.3) is 5.69 Å². The van der Waals surface area contributed by atoms with E-state index < -0.39 is 4.92 Å². The fourth-order valence-corrected chi connectivity index (χ4v) is 1.86. The molecular weight excluding hydrogens is 272 g/mol. The van der Waals surface area contributed by atoms with E-state index in [0.29, 0.717) is 18.2 Å². The Balaban J connectivity index is 2.23. The number of furan rings is 1. The monoisotopic (exact) mass is 290 g/mol. The average molecular weight is 290 g/mol. The van der Waals surface area contributed by atoms with Gasteiger partial charge in [-0.25, -0.2) is 4.98 Å². The quantitative estimate of drug-likeness (QED) is 0.623. The van der Waals surface area contributed by atoms with Crippen molar-refractivity contribution in [1.82, 2.24) is 4.98 Å². The van der Waals surface area contributed by atoms with Crippen LogP contribution in [0.3, 0.4) is 0 Å². The molecule has 0 aliphatic heterocycles. The summed E-state index contributed by atoms with van der Waals surface area (Å²) in [6.07, 6.45) is 2.51. The summed E-state index contributed by atoms with van der Waals surface area (Å²) in [6.45, 7) is 3.23. The number of nitrogens with one attached hydrogen (secondary N) is 1. The number of nitro groups is 1. The van der Waals surface area contributed by atoms with E-state index >= 15 is 0 Å². The molecule has 0 spiro atoms. The van der Waals surface area contributed by atoms with Gasteiger partial charge in [0.1, 0.15) is 17.4 Å². The molecule has 0 amide bonds. The fraction of sp³-hybridized carbons (Fsp3) is 0.357. The normalized spacial score (nSPS) is 10.4. The van der Waals surface area contributed by atoms with Crippen LogP contribution in [-0.4, -0.2) is 23.5 Å². The molecule has 112 valence electrons. The average Bonchev–Trinajstić information content (AvgIpc) is 2.97. The van der Waals surface area contributed by atoms with E-state index in [0.717, 1.165) is 18.7 Å². The Labute approximate surface area is 122 Å². The Morgan fingerprint density at radius 2 is 2.29 bits per heavy atom. The maximum atomic E-state index is 11.0. The third-order valence-corrected chi connectivity index (χ3v) is 2.93. The number of anilines is 2. The summed E-state index contributed by atoms with van der Waals surface area (Å²) in [5.74, 6) is 1.81. The maximum absolute atomic E-state index is 11.0. The van der Waals surface area contributed by atoms with Gasteiger partial charge in [-0.15, -0.1) is 0 Å². The van der Waals surface area contributed by atoms with E-state index in [9.17, 15) is 10.1 Å². The largest absolute Gasteiger partial charge is 0.467 e. The summed E-state index contributed by atoms with van der Waals surface area (Å²) in [4.78, 5) is 16.8. The summed E-state index contributed by atoms with van der Waals surface area (Å²) in [5.41, 5.74) is 0.0184. The highest BCUT2D eigenvalue weighted by Crippen LogP contribution is 2.23. The number of rotatable bonds is 7. The lowest BCUT2D eigenvalue weighted by Crippen LogP contribution is -2.18. The zero-order chi connectivity index (χ0) is 15.2. The number of hydrogen-bond donors (Lipinski definition) is 1. The van der Waals surface area contributed by atoms with Crippen LogP contribution in [0.4, 0.5) is 17.3 Å². The van der Waals surface area contributed by atoms with Crippen molar-refractivity contribution in [2.45, 2.75) is 19.9 Å². The van der Waals surface area contributed by atoms with Crippen LogP contribution in [0.15, 0.2) is 34.9 Å². The van der Waals surface area contributed by atoms with Crippen molar-refractivity contribution >= 4 is 17.3 Å². The molecule has 0 aliphatic rings. The van der Waals surface area contributed by atoms with Crippen LogP contribution in [0.1, 0.15) is 19.1 Å². The fourth-order valence-electron chi connectivity index (χ4n) is 1.86. The van der Waals surface area contributed by atoms with Crippen molar-refractivity contribution in [1.29, 1.82) is 0 Å². The van der Waals surface area contributed by atoms with Crippen molar-refractivity contribution in [2.24, 2.45) is 0 Å². The van der Waals surface area contributed by atoms with Crippen LogP contribution in [0, 0.1) is 10.1 Å². The molecule has 0 aliphatic carbocycles. The number of hydrogen-bond acceptors (Lipinski definition) is 6. The van der Waals surface area contributed by atoms with Gasteiger partial charge < -0.3 is 14.6 Å². The zero-order valence-electron chi connectivity index (χ0n) is 12.1. The highest BCUT2D eigenvalue weighted by atomic mass is 16.6. The summed E-state index contributed by atoms with van der Waals surface area (Å²) < 4.78 is 5.28.